The maximum Gasteiger partial charge on any atom is 0.324 e. The number of hydrogen-bond acceptors (Lipinski definition) is 10. The van der Waals surface area contributed by atoms with E-state index < -0.39 is 15.7 Å². The van der Waals surface area contributed by atoms with Gasteiger partial charge in [-0.15, -0.1) is 0 Å². The van der Waals surface area contributed by atoms with Gasteiger partial charge in [0, 0.05) is 25.1 Å². The molecule has 1 aliphatic heterocycles. The highest BCUT2D eigenvalue weighted by Crippen LogP contribution is 2.28. The summed E-state index contributed by atoms with van der Waals surface area (Å²) in [4.78, 5) is 14.7. The number of hydrogen-bond donors (Lipinski definition) is 0. The molecule has 0 spiro atoms. The van der Waals surface area contributed by atoms with Crippen molar-refractivity contribution in [3.8, 4) is 11.6 Å². The summed E-state index contributed by atoms with van der Waals surface area (Å²) in [6.07, 6.45) is 4.38. The molecule has 0 radical (unpaired) electrons. The van der Waals surface area contributed by atoms with Gasteiger partial charge in [-0.25, -0.2) is 27.5 Å². The van der Waals surface area contributed by atoms with E-state index in [0.717, 1.165) is 18.7 Å². The average molecular weight is 488 g/mol. The van der Waals surface area contributed by atoms with E-state index in [-0.39, 0.29) is 22.6 Å². The zero-order valence-electron chi connectivity index (χ0n) is 18.7. The monoisotopic (exact) mass is 487 g/mol. The second-order valence-corrected chi connectivity index (χ2v) is 10.4. The zero-order valence-corrected chi connectivity index (χ0v) is 19.5. The van der Waals surface area contributed by atoms with Crippen molar-refractivity contribution in [1.82, 2.24) is 29.9 Å². The van der Waals surface area contributed by atoms with E-state index in [1.54, 1.807) is 0 Å². The van der Waals surface area contributed by atoms with Gasteiger partial charge in [-0.2, -0.15) is 10.1 Å². The Bertz CT molecular complexity index is 1470. The second-order valence-electron chi connectivity index (χ2n) is 8.42. The smallest absolute Gasteiger partial charge is 0.324 e. The summed E-state index contributed by atoms with van der Waals surface area (Å²) in [5, 5.41) is 8.75. The lowest BCUT2D eigenvalue weighted by Gasteiger charge is -2.14. The third-order valence-electron chi connectivity index (χ3n) is 5.55. The fraction of sp³-hybridized carbons (Fsp3) is 0.381. The molecule has 0 amide bonds. The molecule has 1 aromatic carbocycles. The van der Waals surface area contributed by atoms with Gasteiger partial charge >= 0.3 is 6.01 Å². The molecule has 34 heavy (non-hydrogen) atoms. The molecule has 1 aliphatic rings. The third-order valence-corrected chi connectivity index (χ3v) is 6.66. The van der Waals surface area contributed by atoms with Crippen LogP contribution in [0.15, 0.2) is 40.1 Å². The van der Waals surface area contributed by atoms with Gasteiger partial charge in [0.05, 0.1) is 17.6 Å². The Balaban J connectivity index is 1.38. The minimum atomic E-state index is -3.54. The lowest BCUT2D eigenvalue weighted by atomic mass is 10.2. The minimum Gasteiger partial charge on any atom is -0.472 e. The van der Waals surface area contributed by atoms with Crippen LogP contribution < -0.4 is 9.64 Å². The van der Waals surface area contributed by atoms with E-state index >= 15 is 0 Å². The Labute approximate surface area is 194 Å². The van der Waals surface area contributed by atoms with Gasteiger partial charge < -0.3 is 14.2 Å². The van der Waals surface area contributed by atoms with Crippen LogP contribution in [0, 0.1) is 5.82 Å². The maximum atomic E-state index is 14.7. The van der Waals surface area contributed by atoms with Gasteiger partial charge in [0.25, 0.3) is 0 Å². The number of fused-ring (bicyclic) bond motifs is 1. The molecular formula is C21H22FN7O4S. The average Bonchev–Trinajstić information content (AvgIpc) is 3.53. The fourth-order valence-electron chi connectivity index (χ4n) is 3.73. The van der Waals surface area contributed by atoms with E-state index in [0.29, 0.717) is 41.8 Å². The molecule has 178 valence electrons. The number of ether oxygens (including phenoxy) is 1. The van der Waals surface area contributed by atoms with Crippen molar-refractivity contribution in [1.29, 1.82) is 0 Å². The molecular weight excluding hydrogens is 465 g/mol. The summed E-state index contributed by atoms with van der Waals surface area (Å²) < 4.78 is 50.9. The van der Waals surface area contributed by atoms with Gasteiger partial charge in [0.15, 0.2) is 21.3 Å². The summed E-state index contributed by atoms with van der Waals surface area (Å²) in [7, 11) is -3.54. The van der Waals surface area contributed by atoms with Crippen molar-refractivity contribution in [3.63, 3.8) is 0 Å². The van der Waals surface area contributed by atoms with Crippen LogP contribution in [0.3, 0.4) is 0 Å². The summed E-state index contributed by atoms with van der Waals surface area (Å²) in [6.45, 7) is 5.23. The SMILES string of the molecule is CC(C)c1noc(N2CCC(Oc3ncnc4c3cnn4-c3ccc(S(C)(=O)=O)cc3F)C2)n1. The summed E-state index contributed by atoms with van der Waals surface area (Å²) in [6, 6.07) is 4.11. The molecule has 13 heteroatoms. The highest BCUT2D eigenvalue weighted by Gasteiger charge is 2.29. The molecule has 1 saturated heterocycles. The van der Waals surface area contributed by atoms with Gasteiger partial charge in [0.1, 0.15) is 29.3 Å². The molecule has 4 aromatic rings. The van der Waals surface area contributed by atoms with Gasteiger partial charge in [-0.05, 0) is 18.2 Å². The molecule has 0 N–H and O–H groups in total. The molecule has 0 aliphatic carbocycles. The van der Waals surface area contributed by atoms with Crippen molar-refractivity contribution < 1.29 is 22.1 Å². The zero-order chi connectivity index (χ0) is 24.0. The Kier molecular flexibility index (Phi) is 5.42. The van der Waals surface area contributed by atoms with Crippen molar-refractivity contribution in [2.24, 2.45) is 0 Å². The van der Waals surface area contributed by atoms with Crippen molar-refractivity contribution in [2.75, 3.05) is 24.2 Å². The van der Waals surface area contributed by atoms with Crippen LogP contribution in [-0.4, -0.2) is 63.8 Å². The van der Waals surface area contributed by atoms with E-state index in [4.69, 9.17) is 9.26 Å². The minimum absolute atomic E-state index is 0.0661. The molecule has 5 rings (SSSR count). The molecule has 3 aromatic heterocycles. The Hall–Kier alpha value is -3.61. The standard InChI is InChI=1S/C21H22FN7O4S/c1-12(2)18-26-21(33-27-18)28-7-6-13(10-28)32-20-15-9-25-29(19(15)23-11-24-20)17-5-4-14(8-16(17)22)34(3,30)31/h4-5,8-9,11-13H,6-7,10H2,1-3H3. The normalized spacial score (nSPS) is 16.6. The predicted octanol–water partition coefficient (Wildman–Crippen LogP) is 2.52. The summed E-state index contributed by atoms with van der Waals surface area (Å²) in [5.74, 6) is 0.414. The van der Waals surface area contributed by atoms with Gasteiger partial charge in [0.2, 0.25) is 5.88 Å². The number of nitrogens with zero attached hydrogens (tertiary/aromatic N) is 7. The van der Waals surface area contributed by atoms with Gasteiger partial charge in [-0.3, -0.25) is 0 Å². The first-order chi connectivity index (χ1) is 16.2. The van der Waals surface area contributed by atoms with Crippen LogP contribution in [0.25, 0.3) is 16.7 Å². The Morgan fingerprint density at radius 2 is 2.09 bits per heavy atom. The first kappa shape index (κ1) is 22.2. The van der Waals surface area contributed by atoms with Crippen LogP contribution >= 0.6 is 0 Å². The van der Waals surface area contributed by atoms with Crippen LogP contribution in [-0.2, 0) is 9.84 Å². The van der Waals surface area contributed by atoms with Crippen LogP contribution in [0.4, 0.5) is 10.4 Å². The number of benzene rings is 1. The topological polar surface area (TPSA) is 129 Å². The molecule has 4 heterocycles. The fourth-order valence-corrected chi connectivity index (χ4v) is 4.36. The number of halogens is 1. The molecule has 0 bridgehead atoms. The van der Waals surface area contributed by atoms with E-state index in [9.17, 15) is 12.8 Å². The maximum absolute atomic E-state index is 14.7. The van der Waals surface area contributed by atoms with Gasteiger partial charge in [-0.1, -0.05) is 19.0 Å². The van der Waals surface area contributed by atoms with Crippen molar-refractivity contribution >= 4 is 26.9 Å². The second kappa shape index (κ2) is 8.31. The molecule has 11 nitrogen and oxygen atoms in total. The Morgan fingerprint density at radius 1 is 1.26 bits per heavy atom. The van der Waals surface area contributed by atoms with Crippen molar-refractivity contribution in [2.45, 2.75) is 37.2 Å². The quantitative estimate of drug-likeness (QED) is 0.400. The first-order valence-corrected chi connectivity index (χ1v) is 12.5. The van der Waals surface area contributed by atoms with Crippen molar-refractivity contribution in [3.05, 3.63) is 42.4 Å². The lowest BCUT2D eigenvalue weighted by Crippen LogP contribution is -2.25. The highest BCUT2D eigenvalue weighted by atomic mass is 32.2. The van der Waals surface area contributed by atoms with Crippen LogP contribution in [0.2, 0.25) is 0 Å². The van der Waals surface area contributed by atoms with E-state index in [2.05, 4.69) is 25.2 Å². The molecule has 1 atom stereocenters. The number of aromatic nitrogens is 6. The first-order valence-electron chi connectivity index (χ1n) is 10.6. The Morgan fingerprint density at radius 3 is 2.79 bits per heavy atom. The lowest BCUT2D eigenvalue weighted by molar-refractivity contribution is 0.218. The number of rotatable bonds is 6. The summed E-state index contributed by atoms with van der Waals surface area (Å²) in [5.41, 5.74) is 0.403. The summed E-state index contributed by atoms with van der Waals surface area (Å²) >= 11 is 0. The van der Waals surface area contributed by atoms with Crippen LogP contribution in [0.1, 0.15) is 32.0 Å². The largest absolute Gasteiger partial charge is 0.472 e. The van der Waals surface area contributed by atoms with E-state index in [1.165, 1.54) is 29.3 Å². The number of sulfone groups is 1. The third kappa shape index (κ3) is 4.06. The predicted molar refractivity (Wildman–Crippen MR) is 119 cm³/mol. The molecule has 0 saturated carbocycles. The highest BCUT2D eigenvalue weighted by molar-refractivity contribution is 7.90. The van der Waals surface area contributed by atoms with E-state index in [1.807, 2.05) is 18.7 Å². The number of anilines is 1. The molecule has 1 unspecified atom stereocenters. The van der Waals surface area contributed by atoms with Crippen LogP contribution in [0.5, 0.6) is 5.88 Å². The molecule has 1 fully saturated rings.